The van der Waals surface area contributed by atoms with Gasteiger partial charge in [-0.05, 0) is 118 Å². The third-order valence-electron chi connectivity index (χ3n) is 14.3. The van der Waals surface area contributed by atoms with Crippen LogP contribution in [0.2, 0.25) is 5.02 Å². The zero-order valence-electron chi connectivity index (χ0n) is 42.1. The van der Waals surface area contributed by atoms with Gasteiger partial charge in [-0.2, -0.15) is 0 Å². The fourth-order valence-electron chi connectivity index (χ4n) is 10.2. The number of halogens is 1. The predicted octanol–water partition coefficient (Wildman–Crippen LogP) is 3.00. The Labute approximate surface area is 408 Å². The first-order valence-corrected chi connectivity index (χ1v) is 25.7. The van der Waals surface area contributed by atoms with Crippen molar-refractivity contribution in [3.63, 3.8) is 0 Å². The highest BCUT2D eigenvalue weighted by Crippen LogP contribution is 2.40. The summed E-state index contributed by atoms with van der Waals surface area (Å²) in [5.74, 6) is -3.11. The Balaban J connectivity index is 1.72. The number of carbonyl (C=O) groups is 2. The molecule has 392 valence electrons. The van der Waals surface area contributed by atoms with Gasteiger partial charge < -0.3 is 64.2 Å². The minimum Gasteiger partial charge on any atom is -0.459 e. The summed E-state index contributed by atoms with van der Waals surface area (Å²) in [4.78, 5) is 30.9. The molecule has 3 fully saturated rings. The Morgan fingerprint density at radius 3 is 2.19 bits per heavy atom. The summed E-state index contributed by atoms with van der Waals surface area (Å²) < 4.78 is 65.5. The number of benzene rings is 1. The number of rotatable bonds is 13. The molecule has 0 saturated carbocycles. The van der Waals surface area contributed by atoms with Gasteiger partial charge in [0.15, 0.2) is 12.6 Å². The Bertz CT molecular complexity index is 1900. The van der Waals surface area contributed by atoms with Gasteiger partial charge in [-0.25, -0.2) is 17.9 Å². The number of urea groups is 1. The zero-order valence-corrected chi connectivity index (χ0v) is 43.7. The molecular formula is C47H81ClN4O15S. The molecule has 0 aliphatic carbocycles. The number of amides is 2. The monoisotopic (exact) mass is 1010 g/mol. The molecule has 0 radical (unpaired) electrons. The number of esters is 1. The molecule has 1 aromatic carbocycles. The molecule has 1 unspecified atom stereocenters. The third-order valence-corrected chi connectivity index (χ3v) is 15.9. The summed E-state index contributed by atoms with van der Waals surface area (Å²) in [6.07, 6.45) is -9.41. The van der Waals surface area contributed by atoms with Gasteiger partial charge in [0.2, 0.25) is 0 Å². The molecule has 3 saturated heterocycles. The highest BCUT2D eigenvalue weighted by molar-refractivity contribution is 7.90. The molecular weight excluding hydrogens is 928 g/mol. The van der Waals surface area contributed by atoms with Crippen LogP contribution in [0.15, 0.2) is 29.2 Å². The molecule has 4 rings (SSSR count). The molecule has 68 heavy (non-hydrogen) atoms. The van der Waals surface area contributed by atoms with Crippen LogP contribution in [0.4, 0.5) is 4.79 Å². The molecule has 21 heteroatoms. The summed E-state index contributed by atoms with van der Waals surface area (Å²) >= 11 is 5.90. The number of carbonyl (C=O) groups excluding carboxylic acids is 2. The van der Waals surface area contributed by atoms with Gasteiger partial charge >= 0.3 is 12.0 Å². The number of aliphatic hydroxyl groups is 5. The van der Waals surface area contributed by atoms with Crippen molar-refractivity contribution >= 4 is 33.6 Å². The van der Waals surface area contributed by atoms with E-state index in [2.05, 4.69) is 5.32 Å². The third kappa shape index (κ3) is 14.2. The van der Waals surface area contributed by atoms with Crippen molar-refractivity contribution in [1.29, 1.82) is 0 Å². The molecule has 1 aromatic rings. The standard InChI is InChI=1S/C47H81ClN4O15S/c1-14-35-47(10,59)39(54)30(6)52(21-15-20-49-44(57)50-68(60,61)33-18-16-32(48)17-19-33)25-26(2)23-45(8,58)41(67-43-37(53)34(51(11)12)22-27(3)63-43)28(4)38(29(5)42(56)65-35)66-36-24-46(9,62-13)40(55)31(7)64-36/h16-19,26-31,34-41,43,53-55,58-59H,14-15,20-25H2,1-13H3,(H2,49,50,57)/t26-,27+,28-,29-,30-,31-,34+,35-,36?,37+,38+,39-,40-,41-,43-,45-,46+,47-/m1/s1. The van der Waals surface area contributed by atoms with Crippen LogP contribution in [0.5, 0.6) is 0 Å². The minimum absolute atomic E-state index is 0.0216. The van der Waals surface area contributed by atoms with Crippen molar-refractivity contribution in [3.05, 3.63) is 29.3 Å². The van der Waals surface area contributed by atoms with Crippen molar-refractivity contribution in [1.82, 2.24) is 19.8 Å². The van der Waals surface area contributed by atoms with E-state index in [1.165, 1.54) is 38.3 Å². The lowest BCUT2D eigenvalue weighted by Gasteiger charge is -2.48. The predicted molar refractivity (Wildman–Crippen MR) is 253 cm³/mol. The summed E-state index contributed by atoms with van der Waals surface area (Å²) in [7, 11) is 0.988. The number of methoxy groups -OCH3 is 1. The lowest BCUT2D eigenvalue weighted by molar-refractivity contribution is -0.318. The topological polar surface area (TPSA) is 255 Å². The average Bonchev–Trinajstić information content (AvgIpc) is 3.25. The Kier molecular flexibility index (Phi) is 20.5. The van der Waals surface area contributed by atoms with E-state index < -0.39 is 112 Å². The van der Waals surface area contributed by atoms with Crippen LogP contribution in [-0.4, -0.2) is 187 Å². The first-order chi connectivity index (χ1) is 31.5. The van der Waals surface area contributed by atoms with Crippen molar-refractivity contribution in [3.8, 4) is 0 Å². The average molecular weight is 1010 g/mol. The minimum atomic E-state index is -4.19. The molecule has 18 atom stereocenters. The Hall–Kier alpha value is -2.28. The van der Waals surface area contributed by atoms with Crippen molar-refractivity contribution in [2.45, 2.75) is 197 Å². The second-order valence-electron chi connectivity index (χ2n) is 20.4. The SMILES string of the molecule is CC[C@H]1OC(=O)[C@H](C)[C@@H](OC2C[C@](C)(OC)[C@H](O)[C@@H](C)O2)[C@@H](C)[C@@H](O[C@H]2O[C@@H](C)C[C@H](N(C)C)[C@@H]2O)[C@](C)(O)C[C@@H](C)CN(CCCNC(=O)NS(=O)(=O)c2ccc(Cl)cc2)[C@H](C)[C@@H](O)[C@]1(C)O. The van der Waals surface area contributed by atoms with E-state index in [4.69, 9.17) is 40.0 Å². The molecule has 3 aliphatic rings. The maximum atomic E-state index is 14.5. The highest BCUT2D eigenvalue weighted by atomic mass is 35.5. The van der Waals surface area contributed by atoms with Crippen molar-refractivity contribution < 1.29 is 72.0 Å². The van der Waals surface area contributed by atoms with Gasteiger partial charge in [-0.15, -0.1) is 0 Å². The van der Waals surface area contributed by atoms with Crippen molar-refractivity contribution in [2.24, 2.45) is 17.8 Å². The van der Waals surface area contributed by atoms with Crippen LogP contribution in [-0.2, 0) is 43.2 Å². The fraction of sp³-hybridized carbons (Fsp3) is 0.830. The number of cyclic esters (lactones) is 1. The second-order valence-corrected chi connectivity index (χ2v) is 22.5. The van der Waals surface area contributed by atoms with Crippen LogP contribution >= 0.6 is 11.6 Å². The summed E-state index contributed by atoms with van der Waals surface area (Å²) in [6, 6.07) is 3.25. The summed E-state index contributed by atoms with van der Waals surface area (Å²) in [5.41, 5.74) is -4.81. The highest BCUT2D eigenvalue weighted by Gasteiger charge is 2.53. The largest absolute Gasteiger partial charge is 0.459 e. The molecule has 0 bridgehead atoms. The van der Waals surface area contributed by atoms with Gasteiger partial charge in [0, 0.05) is 56.2 Å². The second kappa shape index (κ2) is 24.0. The Morgan fingerprint density at radius 1 is 0.971 bits per heavy atom. The lowest BCUT2D eigenvalue weighted by Crippen LogP contribution is -2.60. The Morgan fingerprint density at radius 2 is 1.60 bits per heavy atom. The maximum Gasteiger partial charge on any atom is 0.328 e. The van der Waals surface area contributed by atoms with Crippen LogP contribution in [0.25, 0.3) is 0 Å². The molecule has 3 heterocycles. The molecule has 0 aromatic heterocycles. The molecule has 19 nitrogen and oxygen atoms in total. The van der Waals surface area contributed by atoms with E-state index in [-0.39, 0.29) is 68.3 Å². The quantitative estimate of drug-likeness (QED) is 0.111. The van der Waals surface area contributed by atoms with Gasteiger partial charge in [-0.1, -0.05) is 32.4 Å². The van der Waals surface area contributed by atoms with Gasteiger partial charge in [0.05, 0.1) is 46.4 Å². The van der Waals surface area contributed by atoms with E-state index in [1.54, 1.807) is 48.5 Å². The number of ether oxygens (including phenoxy) is 6. The number of nitrogens with one attached hydrogen (secondary N) is 2. The molecule has 0 spiro atoms. The number of aliphatic hydroxyl groups excluding tert-OH is 3. The van der Waals surface area contributed by atoms with Crippen molar-refractivity contribution in [2.75, 3.05) is 40.8 Å². The smallest absolute Gasteiger partial charge is 0.328 e. The molecule has 2 amide bonds. The zero-order chi connectivity index (χ0) is 51.3. The normalized spacial score (nSPS) is 40.8. The number of likely N-dealkylation sites (N-methyl/N-ethyl adjacent to an activating group) is 1. The van der Waals surface area contributed by atoms with Crippen LogP contribution in [0.1, 0.15) is 101 Å². The van der Waals surface area contributed by atoms with Gasteiger partial charge in [0.1, 0.15) is 30.0 Å². The number of sulfonamides is 1. The van der Waals surface area contributed by atoms with Crippen LogP contribution in [0.3, 0.4) is 0 Å². The van der Waals surface area contributed by atoms with Gasteiger partial charge in [0.25, 0.3) is 10.0 Å². The van der Waals surface area contributed by atoms with E-state index in [0.717, 1.165) is 0 Å². The first kappa shape index (κ1) is 58.3. The lowest BCUT2D eigenvalue weighted by atomic mass is 9.77. The number of nitrogens with zero attached hydrogens (tertiary/aromatic N) is 2. The molecule has 3 aliphatic heterocycles. The number of hydrogen-bond acceptors (Lipinski definition) is 17. The van der Waals surface area contributed by atoms with Crippen LogP contribution < -0.4 is 10.0 Å². The van der Waals surface area contributed by atoms with E-state index in [9.17, 15) is 43.5 Å². The van der Waals surface area contributed by atoms with E-state index in [0.29, 0.717) is 11.4 Å². The maximum absolute atomic E-state index is 14.5. The van der Waals surface area contributed by atoms with E-state index in [1.807, 2.05) is 42.5 Å². The first-order valence-electron chi connectivity index (χ1n) is 23.8. The molecule has 7 N–H and O–H groups in total. The van der Waals surface area contributed by atoms with E-state index >= 15 is 0 Å². The summed E-state index contributed by atoms with van der Waals surface area (Å²) in [6.45, 7) is 17.5. The summed E-state index contributed by atoms with van der Waals surface area (Å²) in [5, 5.41) is 62.7. The van der Waals surface area contributed by atoms with Crippen LogP contribution in [0, 0.1) is 17.8 Å². The number of hydrogen-bond donors (Lipinski definition) is 7. The van der Waals surface area contributed by atoms with Gasteiger partial charge in [-0.3, -0.25) is 9.69 Å². The fourth-order valence-corrected chi connectivity index (χ4v) is 11.3.